The van der Waals surface area contributed by atoms with Gasteiger partial charge in [-0.2, -0.15) is 0 Å². The second kappa shape index (κ2) is 10.6. The number of rotatable bonds is 1. The molecule has 0 aromatic carbocycles. The maximum absolute atomic E-state index is 4.85. The summed E-state index contributed by atoms with van der Waals surface area (Å²) in [6.45, 7) is 9.02. The first-order valence-corrected chi connectivity index (χ1v) is 3.54. The molecule has 0 aliphatic rings. The number of hydrogen-bond acceptors (Lipinski definition) is 1. The van der Waals surface area contributed by atoms with E-state index in [4.69, 9.17) is 5.73 Å². The van der Waals surface area contributed by atoms with E-state index in [1.165, 1.54) is 12.0 Å². The predicted octanol–water partition coefficient (Wildman–Crippen LogP) is 2.33. The summed E-state index contributed by atoms with van der Waals surface area (Å²) < 4.78 is 0. The van der Waals surface area contributed by atoms with Gasteiger partial charge in [0, 0.05) is 0 Å². The monoisotopic (exact) mass is 129 g/mol. The van der Waals surface area contributed by atoms with Crippen LogP contribution in [0.1, 0.15) is 34.1 Å². The van der Waals surface area contributed by atoms with E-state index in [9.17, 15) is 0 Å². The maximum Gasteiger partial charge on any atom is -0.0106 e. The molecule has 0 amide bonds. The molecular formula is C8H19N. The van der Waals surface area contributed by atoms with Crippen molar-refractivity contribution in [3.05, 3.63) is 11.6 Å². The molecule has 0 spiro atoms. The Balaban J connectivity index is 0. The van der Waals surface area contributed by atoms with Gasteiger partial charge < -0.3 is 5.73 Å². The zero-order chi connectivity index (χ0) is 7.70. The predicted molar refractivity (Wildman–Crippen MR) is 44.5 cm³/mol. The van der Waals surface area contributed by atoms with E-state index in [0.29, 0.717) is 0 Å². The third-order valence-corrected chi connectivity index (χ3v) is 1.05. The van der Waals surface area contributed by atoms with Crippen molar-refractivity contribution in [1.29, 1.82) is 0 Å². The fourth-order valence-electron chi connectivity index (χ4n) is 0.204. The third-order valence-electron chi connectivity index (χ3n) is 1.05. The van der Waals surface area contributed by atoms with Gasteiger partial charge in [-0.15, -0.1) is 0 Å². The van der Waals surface area contributed by atoms with Gasteiger partial charge in [-0.3, -0.25) is 0 Å². The molecule has 0 heterocycles. The Labute approximate surface area is 58.9 Å². The van der Waals surface area contributed by atoms with Crippen LogP contribution in [0.15, 0.2) is 11.6 Å². The summed E-state index contributed by atoms with van der Waals surface area (Å²) in [6, 6.07) is 0. The lowest BCUT2D eigenvalue weighted by Crippen LogP contribution is -1.87. The van der Waals surface area contributed by atoms with E-state index >= 15 is 0 Å². The molecule has 0 bridgehead atoms. The minimum Gasteiger partial charge on any atom is -0.331 e. The summed E-state index contributed by atoms with van der Waals surface area (Å²) >= 11 is 0. The van der Waals surface area contributed by atoms with Crippen LogP contribution in [-0.2, 0) is 0 Å². The van der Waals surface area contributed by atoms with Crippen LogP contribution in [0.3, 0.4) is 0 Å². The first kappa shape index (κ1) is 11.5. The van der Waals surface area contributed by atoms with Gasteiger partial charge in [0.1, 0.15) is 0 Å². The zero-order valence-corrected chi connectivity index (χ0v) is 7.07. The summed E-state index contributed by atoms with van der Waals surface area (Å²) in [5.74, 6) is 0. The van der Waals surface area contributed by atoms with Gasteiger partial charge in [-0.05, 0) is 26.8 Å². The molecule has 0 unspecified atom stereocenters. The van der Waals surface area contributed by atoms with E-state index in [-0.39, 0.29) is 0 Å². The molecule has 9 heavy (non-hydrogen) atoms. The molecule has 0 aromatic heterocycles. The summed E-state index contributed by atoms with van der Waals surface area (Å²) in [5, 5.41) is 0. The Morgan fingerprint density at radius 3 is 1.78 bits per heavy atom. The van der Waals surface area contributed by atoms with Gasteiger partial charge in [0.15, 0.2) is 0 Å². The molecule has 0 radical (unpaired) electrons. The van der Waals surface area contributed by atoms with Crippen LogP contribution < -0.4 is 5.73 Å². The van der Waals surface area contributed by atoms with Crippen molar-refractivity contribution in [1.82, 2.24) is 0 Å². The van der Waals surface area contributed by atoms with E-state index < -0.39 is 0 Å². The lowest BCUT2D eigenvalue weighted by Gasteiger charge is -1.85. The van der Waals surface area contributed by atoms with Gasteiger partial charge >= 0.3 is 0 Å². The Morgan fingerprint density at radius 2 is 1.78 bits per heavy atom. The van der Waals surface area contributed by atoms with Crippen LogP contribution in [0.5, 0.6) is 0 Å². The summed E-state index contributed by atoms with van der Waals surface area (Å²) in [7, 11) is 0. The van der Waals surface area contributed by atoms with E-state index in [0.717, 1.165) is 6.54 Å². The van der Waals surface area contributed by atoms with Crippen molar-refractivity contribution in [2.45, 2.75) is 34.1 Å². The highest BCUT2D eigenvalue weighted by Gasteiger charge is 1.73. The fraction of sp³-hybridized carbons (Fsp3) is 0.750. The standard InChI is InChI=1S/C6H12.C2H7N/c1-4-6(3)5-2;1-2-3/h4H,5H2,1-3H3;2-3H2,1H3/b6-4+;. The van der Waals surface area contributed by atoms with Crippen LogP contribution in [0.25, 0.3) is 0 Å². The third kappa shape index (κ3) is 18.3. The van der Waals surface area contributed by atoms with Crippen LogP contribution in [0.4, 0.5) is 0 Å². The molecule has 0 atom stereocenters. The van der Waals surface area contributed by atoms with Gasteiger partial charge in [-0.1, -0.05) is 25.5 Å². The number of hydrogen-bond donors (Lipinski definition) is 1. The van der Waals surface area contributed by atoms with Gasteiger partial charge in [0.05, 0.1) is 0 Å². The molecule has 0 rings (SSSR count). The van der Waals surface area contributed by atoms with Crippen molar-refractivity contribution in [2.75, 3.05) is 6.54 Å². The maximum atomic E-state index is 4.85. The van der Waals surface area contributed by atoms with E-state index in [1.54, 1.807) is 0 Å². The Bertz CT molecular complexity index is 65.0. The highest BCUT2D eigenvalue weighted by atomic mass is 14.5. The topological polar surface area (TPSA) is 26.0 Å². The summed E-state index contributed by atoms with van der Waals surface area (Å²) in [6.07, 6.45) is 3.33. The minimum absolute atomic E-state index is 0.750. The number of allylic oxidation sites excluding steroid dienone is 2. The molecule has 1 heteroatoms. The van der Waals surface area contributed by atoms with Gasteiger partial charge in [0.25, 0.3) is 0 Å². The molecule has 0 aliphatic heterocycles. The largest absolute Gasteiger partial charge is 0.331 e. The van der Waals surface area contributed by atoms with Gasteiger partial charge in [0.2, 0.25) is 0 Å². The van der Waals surface area contributed by atoms with Crippen molar-refractivity contribution in [3.8, 4) is 0 Å². The molecule has 0 saturated heterocycles. The Kier molecular flexibility index (Phi) is 13.6. The van der Waals surface area contributed by atoms with Crippen LogP contribution in [-0.4, -0.2) is 6.54 Å². The first-order chi connectivity index (χ1) is 4.22. The Morgan fingerprint density at radius 1 is 1.44 bits per heavy atom. The molecular weight excluding hydrogens is 110 g/mol. The second-order valence-electron chi connectivity index (χ2n) is 1.90. The van der Waals surface area contributed by atoms with E-state index in [1.807, 2.05) is 6.92 Å². The first-order valence-electron chi connectivity index (χ1n) is 3.54. The molecule has 0 aromatic rings. The Hall–Kier alpha value is -0.300. The van der Waals surface area contributed by atoms with Crippen LogP contribution in [0.2, 0.25) is 0 Å². The normalized spacial score (nSPS) is 10.1. The molecule has 0 fully saturated rings. The molecule has 2 N–H and O–H groups in total. The highest BCUT2D eigenvalue weighted by Crippen LogP contribution is 1.94. The van der Waals surface area contributed by atoms with E-state index in [2.05, 4.69) is 26.8 Å². The molecule has 0 aliphatic carbocycles. The lowest BCUT2D eigenvalue weighted by atomic mass is 10.2. The van der Waals surface area contributed by atoms with Crippen molar-refractivity contribution < 1.29 is 0 Å². The highest BCUT2D eigenvalue weighted by molar-refractivity contribution is 4.93. The van der Waals surface area contributed by atoms with Crippen molar-refractivity contribution in [2.24, 2.45) is 5.73 Å². The van der Waals surface area contributed by atoms with Crippen LogP contribution in [0, 0.1) is 0 Å². The molecule has 56 valence electrons. The van der Waals surface area contributed by atoms with Crippen LogP contribution >= 0.6 is 0 Å². The summed E-state index contributed by atoms with van der Waals surface area (Å²) in [4.78, 5) is 0. The van der Waals surface area contributed by atoms with Crippen molar-refractivity contribution in [3.63, 3.8) is 0 Å². The SMILES string of the molecule is C/C=C(\C)CC.CCN. The lowest BCUT2D eigenvalue weighted by molar-refractivity contribution is 1.09. The minimum atomic E-state index is 0.750. The molecule has 0 saturated carbocycles. The molecule has 1 nitrogen and oxygen atoms in total. The number of nitrogens with two attached hydrogens (primary N) is 1. The zero-order valence-electron chi connectivity index (χ0n) is 7.07. The average Bonchev–Trinajstić information content (AvgIpc) is 1.88. The second-order valence-corrected chi connectivity index (χ2v) is 1.90. The summed E-state index contributed by atoms with van der Waals surface area (Å²) in [5.41, 5.74) is 6.31. The quantitative estimate of drug-likeness (QED) is 0.540. The van der Waals surface area contributed by atoms with Crippen molar-refractivity contribution >= 4 is 0 Å². The average molecular weight is 129 g/mol. The van der Waals surface area contributed by atoms with Gasteiger partial charge in [-0.25, -0.2) is 0 Å². The smallest absolute Gasteiger partial charge is 0.0106 e. The fourth-order valence-corrected chi connectivity index (χ4v) is 0.204.